The first-order chi connectivity index (χ1) is 8.25. The second kappa shape index (κ2) is 3.82. The van der Waals surface area contributed by atoms with Gasteiger partial charge >= 0.3 is 0 Å². The van der Waals surface area contributed by atoms with Crippen LogP contribution in [-0.4, -0.2) is 15.0 Å². The molecule has 17 heavy (non-hydrogen) atoms. The zero-order valence-electron chi connectivity index (χ0n) is 8.61. The quantitative estimate of drug-likeness (QED) is 0.716. The van der Waals surface area contributed by atoms with Crippen LogP contribution < -0.4 is 0 Å². The van der Waals surface area contributed by atoms with Gasteiger partial charge in [0.2, 0.25) is 0 Å². The number of pyridine rings is 2. The molecule has 3 rings (SSSR count). The summed E-state index contributed by atoms with van der Waals surface area (Å²) in [6, 6.07) is 4.69. The van der Waals surface area contributed by atoms with E-state index in [1.165, 1.54) is 12.3 Å². The predicted molar refractivity (Wildman–Crippen MR) is 64.3 cm³/mol. The number of H-pyrrole nitrogens is 1. The summed E-state index contributed by atoms with van der Waals surface area (Å²) in [6.45, 7) is 0. The van der Waals surface area contributed by atoms with Crippen molar-refractivity contribution in [3.05, 3.63) is 47.6 Å². The normalized spacial score (nSPS) is 10.9. The lowest BCUT2D eigenvalue weighted by Crippen LogP contribution is -1.84. The number of aromatic amines is 1. The number of hydrogen-bond acceptors (Lipinski definition) is 2. The molecule has 0 saturated carbocycles. The molecule has 0 spiro atoms. The largest absolute Gasteiger partial charge is 0.345 e. The number of rotatable bonds is 1. The van der Waals surface area contributed by atoms with Gasteiger partial charge < -0.3 is 4.98 Å². The summed E-state index contributed by atoms with van der Waals surface area (Å²) in [7, 11) is 0. The standard InChI is InChI=1S/C12H7ClFN3/c13-9-3-4-15-12-11(9)8(6-17-12)10-2-1-7(14)5-16-10/h1-6H,(H,15,17). The number of nitrogens with zero attached hydrogens (tertiary/aromatic N) is 2. The second-order valence-electron chi connectivity index (χ2n) is 3.58. The Kier molecular flexibility index (Phi) is 2.30. The second-order valence-corrected chi connectivity index (χ2v) is 3.99. The zero-order valence-corrected chi connectivity index (χ0v) is 9.37. The highest BCUT2D eigenvalue weighted by Crippen LogP contribution is 2.31. The third-order valence-electron chi connectivity index (χ3n) is 2.53. The maximum absolute atomic E-state index is 12.8. The fourth-order valence-corrected chi connectivity index (χ4v) is 2.00. The van der Waals surface area contributed by atoms with E-state index < -0.39 is 0 Å². The van der Waals surface area contributed by atoms with Crippen LogP contribution in [0.1, 0.15) is 0 Å². The molecule has 0 atom stereocenters. The molecule has 0 radical (unpaired) electrons. The Balaban J connectivity index is 2.27. The van der Waals surface area contributed by atoms with Crippen LogP contribution in [0.4, 0.5) is 4.39 Å². The van der Waals surface area contributed by atoms with Crippen LogP contribution in [0.25, 0.3) is 22.3 Å². The molecule has 5 heteroatoms. The summed E-state index contributed by atoms with van der Waals surface area (Å²) in [5.41, 5.74) is 2.17. The third kappa shape index (κ3) is 1.66. The summed E-state index contributed by atoms with van der Waals surface area (Å²) < 4.78 is 12.8. The Labute approximate surface area is 101 Å². The Morgan fingerprint density at radius 3 is 2.82 bits per heavy atom. The van der Waals surface area contributed by atoms with Crippen molar-refractivity contribution in [1.29, 1.82) is 0 Å². The first-order valence-corrected chi connectivity index (χ1v) is 5.37. The molecule has 3 aromatic heterocycles. The van der Waals surface area contributed by atoms with Crippen LogP contribution in [0.15, 0.2) is 36.8 Å². The van der Waals surface area contributed by atoms with Gasteiger partial charge in [-0.25, -0.2) is 9.37 Å². The maximum Gasteiger partial charge on any atom is 0.141 e. The summed E-state index contributed by atoms with van der Waals surface area (Å²) in [6.07, 6.45) is 4.57. The lowest BCUT2D eigenvalue weighted by Gasteiger charge is -1.99. The number of halogens is 2. The van der Waals surface area contributed by atoms with Gasteiger partial charge in [0, 0.05) is 23.3 Å². The van der Waals surface area contributed by atoms with Gasteiger partial charge in [-0.05, 0) is 18.2 Å². The minimum absolute atomic E-state index is 0.363. The van der Waals surface area contributed by atoms with E-state index in [2.05, 4.69) is 15.0 Å². The molecular weight excluding hydrogens is 241 g/mol. The molecular formula is C12H7ClFN3. The number of fused-ring (bicyclic) bond motifs is 1. The van der Waals surface area contributed by atoms with E-state index in [0.29, 0.717) is 16.4 Å². The SMILES string of the molecule is Fc1ccc(-c2c[nH]c3nccc(Cl)c23)nc1. The minimum atomic E-state index is -0.363. The molecule has 0 aromatic carbocycles. The number of hydrogen-bond donors (Lipinski definition) is 1. The highest BCUT2D eigenvalue weighted by Gasteiger charge is 2.11. The van der Waals surface area contributed by atoms with E-state index in [1.54, 1.807) is 24.5 Å². The fourth-order valence-electron chi connectivity index (χ4n) is 1.75. The van der Waals surface area contributed by atoms with E-state index >= 15 is 0 Å². The molecule has 0 saturated heterocycles. The molecule has 3 heterocycles. The monoisotopic (exact) mass is 247 g/mol. The molecule has 0 aliphatic carbocycles. The van der Waals surface area contributed by atoms with Crippen LogP contribution in [0.3, 0.4) is 0 Å². The van der Waals surface area contributed by atoms with Gasteiger partial charge in [-0.2, -0.15) is 0 Å². The average molecular weight is 248 g/mol. The Morgan fingerprint density at radius 2 is 2.06 bits per heavy atom. The average Bonchev–Trinajstić information content (AvgIpc) is 2.75. The number of aromatic nitrogens is 3. The molecule has 0 fully saturated rings. The Morgan fingerprint density at radius 1 is 1.18 bits per heavy atom. The van der Waals surface area contributed by atoms with Crippen LogP contribution in [-0.2, 0) is 0 Å². The molecule has 3 aromatic rings. The predicted octanol–water partition coefficient (Wildman–Crippen LogP) is 3.42. The van der Waals surface area contributed by atoms with Crippen molar-refractivity contribution in [3.63, 3.8) is 0 Å². The van der Waals surface area contributed by atoms with Gasteiger partial charge in [0.05, 0.1) is 16.9 Å². The van der Waals surface area contributed by atoms with Crippen molar-refractivity contribution < 1.29 is 4.39 Å². The molecule has 1 N–H and O–H groups in total. The van der Waals surface area contributed by atoms with Crippen molar-refractivity contribution in [1.82, 2.24) is 15.0 Å². The first kappa shape index (κ1) is 10.2. The highest BCUT2D eigenvalue weighted by molar-refractivity contribution is 6.36. The van der Waals surface area contributed by atoms with E-state index in [1.807, 2.05) is 0 Å². The summed E-state index contributed by atoms with van der Waals surface area (Å²) >= 11 is 6.12. The van der Waals surface area contributed by atoms with Crippen LogP contribution in [0.2, 0.25) is 5.02 Å². The molecule has 0 bridgehead atoms. The third-order valence-corrected chi connectivity index (χ3v) is 2.84. The lowest BCUT2D eigenvalue weighted by molar-refractivity contribution is 0.622. The van der Waals surface area contributed by atoms with Crippen molar-refractivity contribution in [2.45, 2.75) is 0 Å². The zero-order chi connectivity index (χ0) is 11.8. The molecule has 0 aliphatic rings. The Bertz CT molecular complexity index is 676. The summed E-state index contributed by atoms with van der Waals surface area (Å²) in [5, 5.41) is 1.39. The minimum Gasteiger partial charge on any atom is -0.345 e. The Hall–Kier alpha value is -1.94. The molecule has 3 nitrogen and oxygen atoms in total. The fraction of sp³-hybridized carbons (Fsp3) is 0. The summed E-state index contributed by atoms with van der Waals surface area (Å²) in [5.74, 6) is -0.363. The van der Waals surface area contributed by atoms with Crippen molar-refractivity contribution >= 4 is 22.6 Å². The van der Waals surface area contributed by atoms with E-state index in [0.717, 1.165) is 10.9 Å². The molecule has 0 aliphatic heterocycles. The van der Waals surface area contributed by atoms with Gasteiger partial charge in [0.1, 0.15) is 11.5 Å². The number of nitrogens with one attached hydrogen (secondary N) is 1. The molecule has 84 valence electrons. The van der Waals surface area contributed by atoms with Gasteiger partial charge in [0.25, 0.3) is 0 Å². The van der Waals surface area contributed by atoms with Gasteiger partial charge in [-0.1, -0.05) is 11.6 Å². The first-order valence-electron chi connectivity index (χ1n) is 4.99. The van der Waals surface area contributed by atoms with Crippen molar-refractivity contribution in [2.75, 3.05) is 0 Å². The molecule has 0 unspecified atom stereocenters. The lowest BCUT2D eigenvalue weighted by atomic mass is 10.1. The molecule has 0 amide bonds. The smallest absolute Gasteiger partial charge is 0.141 e. The maximum atomic E-state index is 12.8. The van der Waals surface area contributed by atoms with Gasteiger partial charge in [-0.3, -0.25) is 4.98 Å². The van der Waals surface area contributed by atoms with Gasteiger partial charge in [-0.15, -0.1) is 0 Å². The van der Waals surface area contributed by atoms with Crippen LogP contribution in [0.5, 0.6) is 0 Å². The van der Waals surface area contributed by atoms with Crippen LogP contribution in [0, 0.1) is 5.82 Å². The topological polar surface area (TPSA) is 41.6 Å². The van der Waals surface area contributed by atoms with E-state index in [-0.39, 0.29) is 5.82 Å². The van der Waals surface area contributed by atoms with E-state index in [4.69, 9.17) is 11.6 Å². The highest BCUT2D eigenvalue weighted by atomic mass is 35.5. The summed E-state index contributed by atoms with van der Waals surface area (Å²) in [4.78, 5) is 11.2. The van der Waals surface area contributed by atoms with Crippen LogP contribution >= 0.6 is 11.6 Å². The van der Waals surface area contributed by atoms with Gasteiger partial charge in [0.15, 0.2) is 0 Å². The van der Waals surface area contributed by atoms with E-state index in [9.17, 15) is 4.39 Å². The van der Waals surface area contributed by atoms with Crippen molar-refractivity contribution in [3.8, 4) is 11.3 Å². The van der Waals surface area contributed by atoms with Crippen molar-refractivity contribution in [2.24, 2.45) is 0 Å².